The first-order valence-corrected chi connectivity index (χ1v) is 5.27. The molecule has 0 bridgehead atoms. The fourth-order valence-electron chi connectivity index (χ4n) is 1.24. The third-order valence-electron chi connectivity index (χ3n) is 2.02. The molecule has 15 heavy (non-hydrogen) atoms. The first-order valence-electron chi connectivity index (χ1n) is 5.27. The molecule has 0 aliphatic carbocycles. The van der Waals surface area contributed by atoms with E-state index in [0.29, 0.717) is 19.6 Å². The fraction of sp³-hybridized carbons (Fsp3) is 0.500. The van der Waals surface area contributed by atoms with Gasteiger partial charge in [-0.25, -0.2) is 0 Å². The van der Waals surface area contributed by atoms with E-state index in [1.54, 1.807) is 0 Å². The number of ether oxygens (including phenoxy) is 2. The summed E-state index contributed by atoms with van der Waals surface area (Å²) in [5, 5.41) is 8.74. The largest absolute Gasteiger partial charge is 0.491 e. The Balaban J connectivity index is 2.29. The number of benzene rings is 1. The number of aliphatic hydroxyl groups is 1. The molecule has 0 radical (unpaired) electrons. The van der Waals surface area contributed by atoms with Crippen molar-refractivity contribution in [2.75, 3.05) is 26.4 Å². The van der Waals surface area contributed by atoms with Crippen LogP contribution in [0.15, 0.2) is 24.3 Å². The van der Waals surface area contributed by atoms with Crippen LogP contribution in [0.25, 0.3) is 0 Å². The summed E-state index contributed by atoms with van der Waals surface area (Å²) >= 11 is 0. The lowest BCUT2D eigenvalue weighted by atomic mass is 10.1. The third-order valence-corrected chi connectivity index (χ3v) is 2.02. The first kappa shape index (κ1) is 12.0. The summed E-state index contributed by atoms with van der Waals surface area (Å²) in [6.45, 7) is 4.06. The van der Waals surface area contributed by atoms with E-state index in [-0.39, 0.29) is 6.61 Å². The minimum absolute atomic E-state index is 0.185. The summed E-state index contributed by atoms with van der Waals surface area (Å²) < 4.78 is 10.6. The van der Waals surface area contributed by atoms with Crippen LogP contribution in [0.5, 0.6) is 5.75 Å². The molecule has 1 N–H and O–H groups in total. The van der Waals surface area contributed by atoms with Gasteiger partial charge in [-0.2, -0.15) is 0 Å². The predicted octanol–water partition coefficient (Wildman–Crippen LogP) is 1.64. The van der Waals surface area contributed by atoms with Crippen LogP contribution in [-0.2, 0) is 11.2 Å². The summed E-state index contributed by atoms with van der Waals surface area (Å²) in [7, 11) is 0. The summed E-state index contributed by atoms with van der Waals surface area (Å²) in [5.41, 5.74) is 1.12. The maximum Gasteiger partial charge on any atom is 0.119 e. The van der Waals surface area contributed by atoms with Gasteiger partial charge in [-0.05, 0) is 31.0 Å². The highest BCUT2D eigenvalue weighted by Crippen LogP contribution is 2.12. The molecule has 0 spiro atoms. The van der Waals surface area contributed by atoms with Crippen molar-refractivity contribution in [3.8, 4) is 5.75 Å². The van der Waals surface area contributed by atoms with Crippen molar-refractivity contribution in [1.29, 1.82) is 0 Å². The topological polar surface area (TPSA) is 38.7 Å². The van der Waals surface area contributed by atoms with E-state index >= 15 is 0 Å². The lowest BCUT2D eigenvalue weighted by Gasteiger charge is -2.06. The summed E-state index contributed by atoms with van der Waals surface area (Å²) in [4.78, 5) is 0. The zero-order chi connectivity index (χ0) is 10.9. The van der Waals surface area contributed by atoms with Crippen molar-refractivity contribution >= 4 is 0 Å². The van der Waals surface area contributed by atoms with E-state index in [1.165, 1.54) is 0 Å². The summed E-state index contributed by atoms with van der Waals surface area (Å²) in [6, 6.07) is 7.76. The molecular formula is C12H18O3. The Bertz CT molecular complexity index is 256. The molecule has 3 heteroatoms. The lowest BCUT2D eigenvalue weighted by molar-refractivity contribution is 0.110. The summed E-state index contributed by atoms with van der Waals surface area (Å²) in [6.07, 6.45) is 0.694. The van der Waals surface area contributed by atoms with Crippen molar-refractivity contribution in [3.05, 3.63) is 29.8 Å². The van der Waals surface area contributed by atoms with Crippen molar-refractivity contribution in [3.63, 3.8) is 0 Å². The lowest BCUT2D eigenvalue weighted by Crippen LogP contribution is -2.06. The molecule has 0 amide bonds. The molecule has 0 heterocycles. The number of hydrogen-bond donors (Lipinski definition) is 1. The van der Waals surface area contributed by atoms with Crippen LogP contribution in [0.4, 0.5) is 0 Å². The molecule has 0 aliphatic rings. The molecule has 0 unspecified atom stereocenters. The minimum Gasteiger partial charge on any atom is -0.491 e. The summed E-state index contributed by atoms with van der Waals surface area (Å²) in [5.74, 6) is 0.844. The highest BCUT2D eigenvalue weighted by Gasteiger charge is 1.95. The Labute approximate surface area is 90.6 Å². The maximum atomic E-state index is 8.74. The molecule has 3 nitrogen and oxygen atoms in total. The average molecular weight is 210 g/mol. The van der Waals surface area contributed by atoms with Crippen molar-refractivity contribution in [1.82, 2.24) is 0 Å². The second-order valence-electron chi connectivity index (χ2n) is 3.16. The highest BCUT2D eigenvalue weighted by atomic mass is 16.5. The van der Waals surface area contributed by atoms with E-state index in [9.17, 15) is 0 Å². The van der Waals surface area contributed by atoms with Crippen LogP contribution >= 0.6 is 0 Å². The zero-order valence-corrected chi connectivity index (χ0v) is 9.11. The van der Waals surface area contributed by atoms with E-state index in [1.807, 2.05) is 31.2 Å². The van der Waals surface area contributed by atoms with Crippen LogP contribution < -0.4 is 4.74 Å². The van der Waals surface area contributed by atoms with Crippen molar-refractivity contribution in [2.24, 2.45) is 0 Å². The second kappa shape index (κ2) is 7.26. The minimum atomic E-state index is 0.185. The van der Waals surface area contributed by atoms with Gasteiger partial charge in [0.2, 0.25) is 0 Å². The Kier molecular flexibility index (Phi) is 5.81. The molecule has 1 rings (SSSR count). The fourth-order valence-corrected chi connectivity index (χ4v) is 1.24. The molecule has 0 fully saturated rings. The maximum absolute atomic E-state index is 8.74. The normalized spacial score (nSPS) is 10.3. The molecule has 0 atom stereocenters. The quantitative estimate of drug-likeness (QED) is 0.695. The van der Waals surface area contributed by atoms with Gasteiger partial charge in [0.05, 0.1) is 6.61 Å². The van der Waals surface area contributed by atoms with Gasteiger partial charge in [-0.15, -0.1) is 0 Å². The Morgan fingerprint density at radius 2 is 1.87 bits per heavy atom. The Morgan fingerprint density at radius 1 is 1.13 bits per heavy atom. The van der Waals surface area contributed by atoms with Gasteiger partial charge in [-0.3, -0.25) is 0 Å². The molecule has 0 saturated heterocycles. The van der Waals surface area contributed by atoms with Gasteiger partial charge >= 0.3 is 0 Å². The average Bonchev–Trinajstić information content (AvgIpc) is 2.27. The van der Waals surface area contributed by atoms with E-state index < -0.39 is 0 Å². The smallest absolute Gasteiger partial charge is 0.119 e. The van der Waals surface area contributed by atoms with Crippen LogP contribution in [0.2, 0.25) is 0 Å². The van der Waals surface area contributed by atoms with Crippen LogP contribution in [0, 0.1) is 0 Å². The van der Waals surface area contributed by atoms with Gasteiger partial charge in [-0.1, -0.05) is 12.1 Å². The standard InChI is InChI=1S/C12H18O3/c1-2-14-9-10-15-12-5-3-11(4-6-12)7-8-13/h3-6,13H,2,7-10H2,1H3. The number of rotatable bonds is 7. The van der Waals surface area contributed by atoms with Gasteiger partial charge < -0.3 is 14.6 Å². The van der Waals surface area contributed by atoms with Gasteiger partial charge in [0.25, 0.3) is 0 Å². The Morgan fingerprint density at radius 3 is 2.47 bits per heavy atom. The monoisotopic (exact) mass is 210 g/mol. The molecule has 0 saturated carbocycles. The van der Waals surface area contributed by atoms with E-state index in [4.69, 9.17) is 14.6 Å². The van der Waals surface area contributed by atoms with Crippen LogP contribution in [0.3, 0.4) is 0 Å². The van der Waals surface area contributed by atoms with E-state index in [0.717, 1.165) is 17.9 Å². The SMILES string of the molecule is CCOCCOc1ccc(CCO)cc1. The predicted molar refractivity (Wildman–Crippen MR) is 59.2 cm³/mol. The van der Waals surface area contributed by atoms with Gasteiger partial charge in [0, 0.05) is 13.2 Å². The highest BCUT2D eigenvalue weighted by molar-refractivity contribution is 5.27. The molecule has 84 valence electrons. The van der Waals surface area contributed by atoms with Gasteiger partial charge in [0.1, 0.15) is 12.4 Å². The van der Waals surface area contributed by atoms with Crippen LogP contribution in [-0.4, -0.2) is 31.5 Å². The van der Waals surface area contributed by atoms with Crippen molar-refractivity contribution < 1.29 is 14.6 Å². The number of hydrogen-bond acceptors (Lipinski definition) is 3. The first-order chi connectivity index (χ1) is 7.36. The molecular weight excluding hydrogens is 192 g/mol. The Hall–Kier alpha value is -1.06. The third kappa shape index (κ3) is 4.81. The van der Waals surface area contributed by atoms with E-state index in [2.05, 4.69) is 0 Å². The van der Waals surface area contributed by atoms with Crippen molar-refractivity contribution in [2.45, 2.75) is 13.3 Å². The molecule has 1 aromatic carbocycles. The van der Waals surface area contributed by atoms with Gasteiger partial charge in [0.15, 0.2) is 0 Å². The second-order valence-corrected chi connectivity index (χ2v) is 3.16. The zero-order valence-electron chi connectivity index (χ0n) is 9.11. The number of aliphatic hydroxyl groups excluding tert-OH is 1. The molecule has 0 aliphatic heterocycles. The molecule has 1 aromatic rings. The molecule has 0 aromatic heterocycles. The van der Waals surface area contributed by atoms with Crippen LogP contribution in [0.1, 0.15) is 12.5 Å².